The molecular formula is C22H27N3O2. The van der Waals surface area contributed by atoms with Gasteiger partial charge in [0.05, 0.1) is 5.71 Å². The summed E-state index contributed by atoms with van der Waals surface area (Å²) in [5.74, 6) is -0.296. The fourth-order valence-electron chi connectivity index (χ4n) is 2.62. The number of hydrogen-bond donors (Lipinski definition) is 2. The van der Waals surface area contributed by atoms with Crippen molar-refractivity contribution in [2.24, 2.45) is 11.0 Å². The van der Waals surface area contributed by atoms with Crippen LogP contribution in [0.4, 0.5) is 5.69 Å². The van der Waals surface area contributed by atoms with Crippen LogP contribution < -0.4 is 10.7 Å². The van der Waals surface area contributed by atoms with Gasteiger partial charge in [0.15, 0.2) is 0 Å². The average Bonchev–Trinajstić information content (AvgIpc) is 2.64. The number of aryl methyl sites for hydroxylation is 2. The van der Waals surface area contributed by atoms with Crippen LogP contribution in [0.2, 0.25) is 0 Å². The highest BCUT2D eigenvalue weighted by Crippen LogP contribution is 2.16. The van der Waals surface area contributed by atoms with Crippen molar-refractivity contribution < 1.29 is 9.59 Å². The Hall–Kier alpha value is -2.95. The van der Waals surface area contributed by atoms with Gasteiger partial charge in [0.25, 0.3) is 0 Å². The van der Waals surface area contributed by atoms with Crippen molar-refractivity contribution in [3.63, 3.8) is 0 Å². The Labute approximate surface area is 160 Å². The lowest BCUT2D eigenvalue weighted by Gasteiger charge is -2.11. The van der Waals surface area contributed by atoms with E-state index in [0.717, 1.165) is 28.1 Å². The van der Waals surface area contributed by atoms with Crippen LogP contribution in [-0.2, 0) is 9.59 Å². The minimum atomic E-state index is -0.278. The molecule has 0 spiro atoms. The summed E-state index contributed by atoms with van der Waals surface area (Å²) in [7, 11) is 0. The molecule has 0 aliphatic heterocycles. The van der Waals surface area contributed by atoms with Gasteiger partial charge in [-0.25, -0.2) is 5.43 Å². The third-order valence-corrected chi connectivity index (χ3v) is 4.16. The molecule has 0 aromatic heterocycles. The molecule has 0 heterocycles. The Balaban J connectivity index is 1.89. The fraction of sp³-hybridized carbons (Fsp3) is 0.318. The van der Waals surface area contributed by atoms with Gasteiger partial charge in [-0.3, -0.25) is 9.59 Å². The SMILES string of the molecule is Cc1ccc(C)c(NC(=O)CCC(=O)NN=C(c2ccccc2)C(C)C)c1. The van der Waals surface area contributed by atoms with Gasteiger partial charge >= 0.3 is 0 Å². The molecule has 0 aliphatic carbocycles. The van der Waals surface area contributed by atoms with E-state index in [9.17, 15) is 9.59 Å². The molecule has 0 unspecified atom stereocenters. The number of carbonyl (C=O) groups is 2. The van der Waals surface area contributed by atoms with E-state index in [2.05, 4.69) is 15.8 Å². The van der Waals surface area contributed by atoms with Crippen LogP contribution in [0.5, 0.6) is 0 Å². The first-order valence-corrected chi connectivity index (χ1v) is 9.15. The molecule has 0 aliphatic rings. The number of rotatable bonds is 7. The molecule has 142 valence electrons. The molecule has 2 rings (SSSR count). The van der Waals surface area contributed by atoms with Crippen LogP contribution in [0.15, 0.2) is 53.6 Å². The molecule has 2 N–H and O–H groups in total. The highest BCUT2D eigenvalue weighted by molar-refractivity contribution is 6.02. The van der Waals surface area contributed by atoms with Gasteiger partial charge in [-0.2, -0.15) is 5.10 Å². The summed E-state index contributed by atoms with van der Waals surface area (Å²) in [4.78, 5) is 24.2. The predicted octanol–water partition coefficient (Wildman–Crippen LogP) is 4.20. The first-order valence-electron chi connectivity index (χ1n) is 9.15. The molecule has 0 atom stereocenters. The molecule has 2 aromatic carbocycles. The number of carbonyl (C=O) groups excluding carboxylic acids is 2. The normalized spacial score (nSPS) is 11.4. The third kappa shape index (κ3) is 6.37. The van der Waals surface area contributed by atoms with Crippen LogP contribution in [0.1, 0.15) is 43.4 Å². The number of anilines is 1. The molecular weight excluding hydrogens is 338 g/mol. The second-order valence-electron chi connectivity index (χ2n) is 6.92. The Morgan fingerprint density at radius 3 is 2.30 bits per heavy atom. The van der Waals surface area contributed by atoms with E-state index >= 15 is 0 Å². The van der Waals surface area contributed by atoms with Crippen LogP contribution in [0.25, 0.3) is 0 Å². The van der Waals surface area contributed by atoms with E-state index in [4.69, 9.17) is 0 Å². The lowest BCUT2D eigenvalue weighted by molar-refractivity contribution is -0.124. The first-order chi connectivity index (χ1) is 12.9. The van der Waals surface area contributed by atoms with E-state index < -0.39 is 0 Å². The largest absolute Gasteiger partial charge is 0.326 e. The van der Waals surface area contributed by atoms with Crippen LogP contribution in [-0.4, -0.2) is 17.5 Å². The van der Waals surface area contributed by atoms with Crippen molar-refractivity contribution in [2.75, 3.05) is 5.32 Å². The van der Waals surface area contributed by atoms with Gasteiger partial charge < -0.3 is 5.32 Å². The fourth-order valence-corrected chi connectivity index (χ4v) is 2.62. The maximum Gasteiger partial charge on any atom is 0.240 e. The predicted molar refractivity (Wildman–Crippen MR) is 110 cm³/mol. The summed E-state index contributed by atoms with van der Waals surface area (Å²) < 4.78 is 0. The summed E-state index contributed by atoms with van der Waals surface area (Å²) in [5, 5.41) is 7.13. The number of hydrazone groups is 1. The van der Waals surface area contributed by atoms with Gasteiger partial charge in [-0.1, -0.05) is 56.3 Å². The zero-order chi connectivity index (χ0) is 19.8. The Bertz CT molecular complexity index is 827. The van der Waals surface area contributed by atoms with Crippen molar-refractivity contribution in [1.29, 1.82) is 0 Å². The smallest absolute Gasteiger partial charge is 0.240 e. The Kier molecular flexibility index (Phi) is 7.29. The van der Waals surface area contributed by atoms with Gasteiger partial charge in [0.1, 0.15) is 0 Å². The van der Waals surface area contributed by atoms with Crippen molar-refractivity contribution in [1.82, 2.24) is 5.43 Å². The Morgan fingerprint density at radius 1 is 0.963 bits per heavy atom. The van der Waals surface area contributed by atoms with Crippen molar-refractivity contribution >= 4 is 23.2 Å². The molecule has 5 heteroatoms. The quantitative estimate of drug-likeness (QED) is 0.570. The molecule has 0 bridgehead atoms. The molecule has 0 radical (unpaired) electrons. The molecule has 0 saturated heterocycles. The zero-order valence-corrected chi connectivity index (χ0v) is 16.4. The van der Waals surface area contributed by atoms with Crippen molar-refractivity contribution in [2.45, 2.75) is 40.5 Å². The summed E-state index contributed by atoms with van der Waals surface area (Å²) in [6.07, 6.45) is 0.192. The number of nitrogens with one attached hydrogen (secondary N) is 2. The number of nitrogens with zero attached hydrogens (tertiary/aromatic N) is 1. The number of hydrogen-bond acceptors (Lipinski definition) is 3. The lowest BCUT2D eigenvalue weighted by Crippen LogP contribution is -2.23. The average molecular weight is 365 g/mol. The second kappa shape index (κ2) is 9.67. The summed E-state index contributed by atoms with van der Waals surface area (Å²) >= 11 is 0. The van der Waals surface area contributed by atoms with Crippen LogP contribution in [0.3, 0.4) is 0 Å². The van der Waals surface area contributed by atoms with E-state index in [1.54, 1.807) is 0 Å². The molecule has 0 saturated carbocycles. The first kappa shape index (κ1) is 20.4. The standard InChI is InChI=1S/C22H27N3O2/c1-15(2)22(18-8-6-5-7-9-18)25-24-21(27)13-12-20(26)23-19-14-16(3)10-11-17(19)4/h5-11,14-15H,12-13H2,1-4H3,(H,23,26)(H,24,27). The van der Waals surface area contributed by atoms with Gasteiger partial charge in [0, 0.05) is 18.5 Å². The molecule has 0 fully saturated rings. The summed E-state index contributed by atoms with van der Waals surface area (Å²) in [5.41, 5.74) is 7.20. The molecule has 5 nitrogen and oxygen atoms in total. The lowest BCUT2D eigenvalue weighted by atomic mass is 10.0. The maximum absolute atomic E-state index is 12.1. The van der Waals surface area contributed by atoms with Crippen molar-refractivity contribution in [3.8, 4) is 0 Å². The van der Waals surface area contributed by atoms with Crippen LogP contribution in [0, 0.1) is 19.8 Å². The molecule has 2 amide bonds. The topological polar surface area (TPSA) is 70.6 Å². The third-order valence-electron chi connectivity index (χ3n) is 4.16. The van der Waals surface area contributed by atoms with Gasteiger partial charge in [-0.05, 0) is 42.5 Å². The number of amides is 2. The molecule has 2 aromatic rings. The highest BCUT2D eigenvalue weighted by atomic mass is 16.2. The maximum atomic E-state index is 12.1. The number of benzene rings is 2. The van der Waals surface area contributed by atoms with Crippen LogP contribution >= 0.6 is 0 Å². The zero-order valence-electron chi connectivity index (χ0n) is 16.4. The monoisotopic (exact) mass is 365 g/mol. The Morgan fingerprint density at radius 2 is 1.63 bits per heavy atom. The van der Waals surface area contributed by atoms with E-state index in [1.165, 1.54) is 0 Å². The van der Waals surface area contributed by atoms with Gasteiger partial charge in [-0.15, -0.1) is 0 Å². The summed E-state index contributed by atoms with van der Waals surface area (Å²) in [6.45, 7) is 7.96. The summed E-state index contributed by atoms with van der Waals surface area (Å²) in [6, 6.07) is 15.6. The van der Waals surface area contributed by atoms with E-state index in [-0.39, 0.29) is 30.6 Å². The van der Waals surface area contributed by atoms with Crippen molar-refractivity contribution in [3.05, 3.63) is 65.2 Å². The highest BCUT2D eigenvalue weighted by Gasteiger charge is 2.11. The minimum Gasteiger partial charge on any atom is -0.326 e. The van der Waals surface area contributed by atoms with Gasteiger partial charge in [0.2, 0.25) is 11.8 Å². The second-order valence-corrected chi connectivity index (χ2v) is 6.92. The van der Waals surface area contributed by atoms with E-state index in [1.807, 2.05) is 76.2 Å². The molecule has 27 heavy (non-hydrogen) atoms. The van der Waals surface area contributed by atoms with E-state index in [0.29, 0.717) is 0 Å². The minimum absolute atomic E-state index is 0.0837.